The third kappa shape index (κ3) is 6.31. The summed E-state index contributed by atoms with van der Waals surface area (Å²) >= 11 is 0. The predicted molar refractivity (Wildman–Crippen MR) is 162 cm³/mol. The second kappa shape index (κ2) is 12.3. The Labute approximate surface area is 244 Å². The van der Waals surface area contributed by atoms with Crippen molar-refractivity contribution in [1.29, 1.82) is 0 Å². The molecule has 6 rings (SSSR count). The van der Waals surface area contributed by atoms with Crippen molar-refractivity contribution < 1.29 is 18.3 Å². The van der Waals surface area contributed by atoms with E-state index in [4.69, 9.17) is 10.7 Å². The minimum absolute atomic E-state index is 0.0232. The summed E-state index contributed by atoms with van der Waals surface area (Å²) in [6.45, 7) is 1.41. The Morgan fingerprint density at radius 2 is 1.69 bits per heavy atom. The van der Waals surface area contributed by atoms with Gasteiger partial charge in [0, 0.05) is 36.7 Å². The number of aromatic nitrogens is 1. The van der Waals surface area contributed by atoms with Gasteiger partial charge >= 0.3 is 6.61 Å². The molecule has 3 N–H and O–H groups in total. The summed E-state index contributed by atoms with van der Waals surface area (Å²) in [6, 6.07) is 22.2. The van der Waals surface area contributed by atoms with E-state index in [1.807, 2.05) is 48.5 Å². The highest BCUT2D eigenvalue weighted by molar-refractivity contribution is 6.08. The van der Waals surface area contributed by atoms with Crippen LogP contribution in [0.4, 0.5) is 20.3 Å². The Bertz CT molecular complexity index is 1540. The number of hydrogen-bond donors (Lipinski definition) is 2. The fourth-order valence-corrected chi connectivity index (χ4v) is 6.04. The number of nitrogens with two attached hydrogens (primary N) is 1. The molecule has 0 radical (unpaired) electrons. The van der Waals surface area contributed by atoms with E-state index in [1.165, 1.54) is 25.0 Å². The number of pyridine rings is 1. The lowest BCUT2D eigenvalue weighted by Crippen LogP contribution is -2.42. The van der Waals surface area contributed by atoms with Gasteiger partial charge in [-0.25, -0.2) is 4.98 Å². The molecule has 0 saturated carbocycles. The quantitative estimate of drug-likeness (QED) is 0.226. The van der Waals surface area contributed by atoms with E-state index in [-0.39, 0.29) is 17.7 Å². The second-order valence-electron chi connectivity index (χ2n) is 11.1. The van der Waals surface area contributed by atoms with Crippen LogP contribution in [0.2, 0.25) is 0 Å². The van der Waals surface area contributed by atoms with Crippen LogP contribution in [0.5, 0.6) is 5.75 Å². The highest BCUT2D eigenvalue weighted by atomic mass is 19.3. The zero-order chi connectivity index (χ0) is 29.1. The summed E-state index contributed by atoms with van der Waals surface area (Å²) in [6.07, 6.45) is 4.46. The number of likely N-dealkylation sites (tertiary alicyclic amines) is 2. The molecule has 3 aromatic carbocycles. The molecule has 0 spiro atoms. The van der Waals surface area contributed by atoms with Crippen molar-refractivity contribution in [3.63, 3.8) is 0 Å². The Balaban J connectivity index is 1.31. The van der Waals surface area contributed by atoms with Crippen LogP contribution in [0.3, 0.4) is 0 Å². The number of rotatable bonds is 9. The van der Waals surface area contributed by atoms with Crippen LogP contribution in [0.15, 0.2) is 72.8 Å². The number of ether oxygens (including phenoxy) is 1. The average Bonchev–Trinajstić information content (AvgIpc) is 3.69. The molecule has 1 atom stereocenters. The summed E-state index contributed by atoms with van der Waals surface area (Å²) in [5, 5.41) is 4.13. The third-order valence-electron chi connectivity index (χ3n) is 8.21. The van der Waals surface area contributed by atoms with Crippen molar-refractivity contribution in [3.8, 4) is 16.9 Å². The first-order chi connectivity index (χ1) is 20.4. The van der Waals surface area contributed by atoms with Crippen molar-refractivity contribution in [2.24, 2.45) is 0 Å². The third-order valence-corrected chi connectivity index (χ3v) is 8.21. The van der Waals surface area contributed by atoms with Gasteiger partial charge in [0.1, 0.15) is 11.6 Å². The number of nitrogen functional groups attached to an aromatic ring is 1. The SMILES string of the molecule is Nc1ccc(-c2ccc3nc(NCc4ccc(OC(F)F)cc4)cc(C(=O)N4CCC[C@H]4CN4CCCC4)c3c2)cc1. The van der Waals surface area contributed by atoms with E-state index >= 15 is 0 Å². The monoisotopic (exact) mass is 571 g/mol. The van der Waals surface area contributed by atoms with E-state index in [2.05, 4.69) is 19.9 Å². The largest absolute Gasteiger partial charge is 0.435 e. The smallest absolute Gasteiger partial charge is 0.387 e. The summed E-state index contributed by atoms with van der Waals surface area (Å²) in [4.78, 5) is 23.6. The molecule has 2 aliphatic heterocycles. The number of carbonyl (C=O) groups is 1. The molecule has 0 aliphatic carbocycles. The molecular formula is C33H35F2N5O2. The molecule has 2 aliphatic rings. The standard InChI is InChI=1S/C33H35F2N5O2/c34-33(35)42-27-12-5-22(6-13-27)20-37-31-19-29(32(41)40-17-3-4-26(40)21-39-15-1-2-16-39)28-18-24(9-14-30(28)38-31)23-7-10-25(36)11-8-23/h5-14,18-19,26,33H,1-4,15-17,20-21,36H2,(H,37,38)/t26-/m0/s1. The molecule has 1 amide bonds. The van der Waals surface area contributed by atoms with Gasteiger partial charge in [-0.1, -0.05) is 30.3 Å². The lowest BCUT2D eigenvalue weighted by molar-refractivity contribution is -0.0498. The molecule has 2 saturated heterocycles. The highest BCUT2D eigenvalue weighted by Crippen LogP contribution is 2.31. The number of nitrogens with zero attached hydrogens (tertiary/aromatic N) is 3. The fourth-order valence-electron chi connectivity index (χ4n) is 6.04. The number of anilines is 2. The van der Waals surface area contributed by atoms with Crippen molar-refractivity contribution in [1.82, 2.24) is 14.8 Å². The maximum atomic E-state index is 14.2. The lowest BCUT2D eigenvalue weighted by Gasteiger charge is -2.29. The zero-order valence-electron chi connectivity index (χ0n) is 23.4. The van der Waals surface area contributed by atoms with Crippen LogP contribution in [0, 0.1) is 0 Å². The van der Waals surface area contributed by atoms with Gasteiger partial charge < -0.3 is 25.6 Å². The number of fused-ring (bicyclic) bond motifs is 1. The summed E-state index contributed by atoms with van der Waals surface area (Å²) in [7, 11) is 0. The van der Waals surface area contributed by atoms with Gasteiger partial charge in [0.05, 0.1) is 11.1 Å². The predicted octanol–water partition coefficient (Wildman–Crippen LogP) is 6.40. The first-order valence-electron chi connectivity index (χ1n) is 14.5. The minimum Gasteiger partial charge on any atom is -0.435 e. The number of alkyl halides is 2. The van der Waals surface area contributed by atoms with Gasteiger partial charge in [-0.05, 0) is 97.9 Å². The van der Waals surface area contributed by atoms with E-state index in [0.717, 1.165) is 66.6 Å². The molecule has 7 nitrogen and oxygen atoms in total. The van der Waals surface area contributed by atoms with E-state index in [9.17, 15) is 13.6 Å². The van der Waals surface area contributed by atoms with Crippen molar-refractivity contribution >= 4 is 28.3 Å². The average molecular weight is 572 g/mol. The topological polar surface area (TPSA) is 83.7 Å². The number of carbonyl (C=O) groups excluding carboxylic acids is 1. The Morgan fingerprint density at radius 1 is 0.952 bits per heavy atom. The van der Waals surface area contributed by atoms with Gasteiger partial charge in [-0.3, -0.25) is 4.79 Å². The maximum Gasteiger partial charge on any atom is 0.387 e. The van der Waals surface area contributed by atoms with Crippen LogP contribution in [0.25, 0.3) is 22.0 Å². The minimum atomic E-state index is -2.86. The first kappa shape index (κ1) is 27.9. The Morgan fingerprint density at radius 3 is 2.43 bits per heavy atom. The number of benzene rings is 3. The fraction of sp³-hybridized carbons (Fsp3) is 0.333. The first-order valence-corrected chi connectivity index (χ1v) is 14.5. The highest BCUT2D eigenvalue weighted by Gasteiger charge is 2.32. The van der Waals surface area contributed by atoms with Crippen molar-refractivity contribution in [2.75, 3.05) is 37.2 Å². The van der Waals surface area contributed by atoms with E-state index < -0.39 is 6.61 Å². The Kier molecular flexibility index (Phi) is 8.19. The van der Waals surface area contributed by atoms with Gasteiger partial charge in [-0.2, -0.15) is 8.78 Å². The van der Waals surface area contributed by atoms with Crippen LogP contribution in [-0.2, 0) is 6.54 Å². The zero-order valence-corrected chi connectivity index (χ0v) is 23.4. The molecule has 0 bridgehead atoms. The summed E-state index contributed by atoms with van der Waals surface area (Å²) in [5.74, 6) is 0.709. The molecule has 4 aromatic rings. The number of halogens is 2. The molecule has 0 unspecified atom stereocenters. The number of hydrogen-bond acceptors (Lipinski definition) is 6. The molecule has 1 aromatic heterocycles. The second-order valence-corrected chi connectivity index (χ2v) is 11.1. The van der Waals surface area contributed by atoms with E-state index in [1.54, 1.807) is 12.1 Å². The molecule has 3 heterocycles. The van der Waals surface area contributed by atoms with Gasteiger partial charge in [0.15, 0.2) is 0 Å². The molecule has 218 valence electrons. The van der Waals surface area contributed by atoms with Crippen molar-refractivity contribution in [3.05, 3.63) is 83.9 Å². The molecule has 2 fully saturated rings. The number of nitrogens with one attached hydrogen (secondary N) is 1. The Hall–Kier alpha value is -4.24. The van der Waals surface area contributed by atoms with Crippen LogP contribution < -0.4 is 15.8 Å². The van der Waals surface area contributed by atoms with E-state index in [0.29, 0.717) is 23.6 Å². The van der Waals surface area contributed by atoms with Crippen LogP contribution >= 0.6 is 0 Å². The van der Waals surface area contributed by atoms with Crippen molar-refractivity contribution in [2.45, 2.75) is 44.9 Å². The van der Waals surface area contributed by atoms with Gasteiger partial charge in [0.25, 0.3) is 5.91 Å². The molecule has 42 heavy (non-hydrogen) atoms. The van der Waals surface area contributed by atoms with Crippen LogP contribution in [0.1, 0.15) is 41.6 Å². The maximum absolute atomic E-state index is 14.2. The lowest BCUT2D eigenvalue weighted by atomic mass is 9.99. The number of amides is 1. The summed E-state index contributed by atoms with van der Waals surface area (Å²) in [5.41, 5.74) is 10.8. The van der Waals surface area contributed by atoms with Gasteiger partial charge in [-0.15, -0.1) is 0 Å². The normalized spacial score (nSPS) is 17.3. The summed E-state index contributed by atoms with van der Waals surface area (Å²) < 4.78 is 29.5. The van der Waals surface area contributed by atoms with Gasteiger partial charge in [0.2, 0.25) is 0 Å². The van der Waals surface area contributed by atoms with Crippen LogP contribution in [-0.4, -0.2) is 59.5 Å². The molecule has 9 heteroatoms. The molecular weight excluding hydrogens is 536 g/mol.